The van der Waals surface area contributed by atoms with Crippen molar-refractivity contribution in [2.45, 2.75) is 26.2 Å². The van der Waals surface area contributed by atoms with Crippen LogP contribution in [0.4, 0.5) is 0 Å². The van der Waals surface area contributed by atoms with Crippen LogP contribution in [0.5, 0.6) is 0 Å². The van der Waals surface area contributed by atoms with Gasteiger partial charge in [-0.3, -0.25) is 4.98 Å². The van der Waals surface area contributed by atoms with E-state index in [1.165, 1.54) is 0 Å². The van der Waals surface area contributed by atoms with Gasteiger partial charge in [-0.05, 0) is 17.0 Å². The second kappa shape index (κ2) is 3.21. The highest BCUT2D eigenvalue weighted by molar-refractivity contribution is 5.55. The van der Waals surface area contributed by atoms with Crippen LogP contribution < -0.4 is 0 Å². The molecule has 1 N–H and O–H groups in total. The molecule has 0 saturated heterocycles. The number of aromatic nitrogens is 1. The van der Waals surface area contributed by atoms with E-state index in [4.69, 9.17) is 0 Å². The van der Waals surface area contributed by atoms with E-state index in [2.05, 4.69) is 32.3 Å². The molecular weight excluding hydrogens is 162 g/mol. The number of hydrogen-bond acceptors (Lipinski definition) is 2. The van der Waals surface area contributed by atoms with Crippen molar-refractivity contribution in [1.82, 2.24) is 4.98 Å². The normalized spacial score (nSPS) is 11.3. The Balaban J connectivity index is 3.13. The Morgan fingerprint density at radius 1 is 1.38 bits per heavy atom. The lowest BCUT2D eigenvalue weighted by atomic mass is 9.87. The lowest BCUT2D eigenvalue weighted by molar-refractivity contribution is 0.512. The molecule has 0 aliphatic rings. The van der Waals surface area contributed by atoms with E-state index in [9.17, 15) is 5.11 Å². The molecule has 0 aliphatic heterocycles. The van der Waals surface area contributed by atoms with Crippen molar-refractivity contribution >= 4 is 5.76 Å². The highest BCUT2D eigenvalue weighted by atomic mass is 16.3. The fourth-order valence-corrected chi connectivity index (χ4v) is 1.01. The molecule has 0 aromatic carbocycles. The number of hydrogen-bond donors (Lipinski definition) is 1. The first-order valence-corrected chi connectivity index (χ1v) is 4.25. The van der Waals surface area contributed by atoms with Gasteiger partial charge in [0.25, 0.3) is 0 Å². The van der Waals surface area contributed by atoms with Crippen LogP contribution in [0.2, 0.25) is 0 Å². The zero-order chi connectivity index (χ0) is 10.1. The minimum absolute atomic E-state index is 0.0540. The quantitative estimate of drug-likeness (QED) is 0.669. The number of aliphatic hydroxyl groups excluding tert-OH is 1. The second-order valence-corrected chi connectivity index (χ2v) is 4.16. The molecule has 0 spiro atoms. The predicted molar refractivity (Wildman–Crippen MR) is 54.6 cm³/mol. The summed E-state index contributed by atoms with van der Waals surface area (Å²) in [5, 5.41) is 9.18. The lowest BCUT2D eigenvalue weighted by Gasteiger charge is -2.18. The molecule has 1 aromatic heterocycles. The van der Waals surface area contributed by atoms with Crippen molar-refractivity contribution in [2.75, 3.05) is 0 Å². The first-order valence-electron chi connectivity index (χ1n) is 4.25. The summed E-state index contributed by atoms with van der Waals surface area (Å²) in [5.74, 6) is 0.0681. The minimum Gasteiger partial charge on any atom is -0.508 e. The smallest absolute Gasteiger partial charge is 0.117 e. The van der Waals surface area contributed by atoms with Gasteiger partial charge in [0.1, 0.15) is 5.76 Å². The Bertz CT molecular complexity index is 323. The maximum absolute atomic E-state index is 9.18. The average Bonchev–Trinajstić information content (AvgIpc) is 2.03. The SMILES string of the molecule is C=C(O)c1cncc(C(C)(C)C)c1. The molecular formula is C11H15NO. The Hall–Kier alpha value is -1.31. The molecule has 1 rings (SSSR count). The van der Waals surface area contributed by atoms with Gasteiger partial charge < -0.3 is 5.11 Å². The van der Waals surface area contributed by atoms with E-state index < -0.39 is 0 Å². The number of rotatable bonds is 1. The van der Waals surface area contributed by atoms with Crippen molar-refractivity contribution in [2.24, 2.45) is 0 Å². The Morgan fingerprint density at radius 3 is 2.46 bits per heavy atom. The van der Waals surface area contributed by atoms with E-state index in [-0.39, 0.29) is 11.2 Å². The van der Waals surface area contributed by atoms with Crippen molar-refractivity contribution in [1.29, 1.82) is 0 Å². The predicted octanol–water partition coefficient (Wildman–Crippen LogP) is 2.91. The van der Waals surface area contributed by atoms with Crippen LogP contribution in [-0.2, 0) is 5.41 Å². The van der Waals surface area contributed by atoms with Gasteiger partial charge in [-0.1, -0.05) is 27.4 Å². The topological polar surface area (TPSA) is 33.1 Å². The van der Waals surface area contributed by atoms with Crippen LogP contribution in [0, 0.1) is 0 Å². The minimum atomic E-state index is 0.0540. The fraction of sp³-hybridized carbons (Fsp3) is 0.364. The van der Waals surface area contributed by atoms with Gasteiger partial charge in [0, 0.05) is 18.0 Å². The highest BCUT2D eigenvalue weighted by Gasteiger charge is 2.14. The molecule has 0 saturated carbocycles. The Labute approximate surface area is 78.9 Å². The van der Waals surface area contributed by atoms with Gasteiger partial charge in [0.15, 0.2) is 0 Å². The van der Waals surface area contributed by atoms with Crippen molar-refractivity contribution in [3.05, 3.63) is 36.2 Å². The van der Waals surface area contributed by atoms with Crippen LogP contribution >= 0.6 is 0 Å². The standard InChI is InChI=1S/C11H15NO/c1-8(13)9-5-10(7-12-6-9)11(2,3)4/h5-7,13H,1H2,2-4H3. The first kappa shape index (κ1) is 9.78. The van der Waals surface area contributed by atoms with E-state index in [1.807, 2.05) is 12.3 Å². The molecule has 2 heteroatoms. The Kier molecular flexibility index (Phi) is 2.41. The third-order valence-corrected chi connectivity index (χ3v) is 1.94. The van der Waals surface area contributed by atoms with E-state index in [1.54, 1.807) is 6.20 Å². The molecule has 70 valence electrons. The van der Waals surface area contributed by atoms with Gasteiger partial charge in [-0.25, -0.2) is 0 Å². The number of nitrogens with zero attached hydrogens (tertiary/aromatic N) is 1. The highest BCUT2D eigenvalue weighted by Crippen LogP contribution is 2.23. The molecule has 13 heavy (non-hydrogen) atoms. The second-order valence-electron chi connectivity index (χ2n) is 4.16. The summed E-state index contributed by atoms with van der Waals surface area (Å²) < 4.78 is 0. The van der Waals surface area contributed by atoms with E-state index >= 15 is 0 Å². The summed E-state index contributed by atoms with van der Waals surface area (Å²) in [6.45, 7) is 9.78. The van der Waals surface area contributed by atoms with Gasteiger partial charge >= 0.3 is 0 Å². The van der Waals surface area contributed by atoms with Crippen molar-refractivity contribution in [3.8, 4) is 0 Å². The monoisotopic (exact) mass is 177 g/mol. The Morgan fingerprint density at radius 2 is 2.00 bits per heavy atom. The van der Waals surface area contributed by atoms with E-state index in [0.717, 1.165) is 5.56 Å². The maximum atomic E-state index is 9.18. The zero-order valence-corrected chi connectivity index (χ0v) is 8.33. The molecule has 0 unspecified atom stereocenters. The number of aliphatic hydroxyl groups is 1. The van der Waals surface area contributed by atoms with Crippen molar-refractivity contribution in [3.63, 3.8) is 0 Å². The summed E-state index contributed by atoms with van der Waals surface area (Å²) in [5.41, 5.74) is 1.84. The van der Waals surface area contributed by atoms with Crippen LogP contribution in [0.15, 0.2) is 25.0 Å². The lowest BCUT2D eigenvalue weighted by Crippen LogP contribution is -2.11. The summed E-state index contributed by atoms with van der Waals surface area (Å²) in [7, 11) is 0. The zero-order valence-electron chi connectivity index (χ0n) is 8.33. The van der Waals surface area contributed by atoms with Crippen LogP contribution in [0.25, 0.3) is 5.76 Å². The van der Waals surface area contributed by atoms with Gasteiger partial charge in [0.05, 0.1) is 0 Å². The molecule has 0 atom stereocenters. The molecule has 0 amide bonds. The maximum Gasteiger partial charge on any atom is 0.117 e. The largest absolute Gasteiger partial charge is 0.508 e. The summed E-state index contributed by atoms with van der Waals surface area (Å²) >= 11 is 0. The van der Waals surface area contributed by atoms with Gasteiger partial charge in [-0.2, -0.15) is 0 Å². The molecule has 0 bridgehead atoms. The van der Waals surface area contributed by atoms with E-state index in [0.29, 0.717) is 5.56 Å². The first-order chi connectivity index (χ1) is 5.91. The van der Waals surface area contributed by atoms with Crippen LogP contribution in [0.3, 0.4) is 0 Å². The number of pyridine rings is 1. The molecule has 0 radical (unpaired) electrons. The molecule has 0 aliphatic carbocycles. The molecule has 2 nitrogen and oxygen atoms in total. The van der Waals surface area contributed by atoms with Gasteiger partial charge in [0.2, 0.25) is 0 Å². The average molecular weight is 177 g/mol. The molecule has 1 heterocycles. The molecule has 1 aromatic rings. The summed E-state index contributed by atoms with van der Waals surface area (Å²) in [6, 6.07) is 1.91. The summed E-state index contributed by atoms with van der Waals surface area (Å²) in [4.78, 5) is 4.05. The van der Waals surface area contributed by atoms with Crippen LogP contribution in [-0.4, -0.2) is 10.1 Å². The van der Waals surface area contributed by atoms with Crippen molar-refractivity contribution < 1.29 is 5.11 Å². The molecule has 0 fully saturated rings. The van der Waals surface area contributed by atoms with Crippen LogP contribution in [0.1, 0.15) is 31.9 Å². The van der Waals surface area contributed by atoms with Gasteiger partial charge in [-0.15, -0.1) is 0 Å². The third kappa shape index (κ3) is 2.31. The summed E-state index contributed by atoms with van der Waals surface area (Å²) in [6.07, 6.45) is 3.42. The fourth-order valence-electron chi connectivity index (χ4n) is 1.01. The third-order valence-electron chi connectivity index (χ3n) is 1.94.